The summed E-state index contributed by atoms with van der Waals surface area (Å²) in [6.45, 7) is 5.07. The monoisotopic (exact) mass is 261 g/mol. The molecule has 0 aliphatic rings. The van der Waals surface area contributed by atoms with E-state index in [1.54, 1.807) is 0 Å². The minimum Gasteiger partial charge on any atom is -0.485 e. The highest BCUT2D eigenvalue weighted by Crippen LogP contribution is 2.26. The van der Waals surface area contributed by atoms with E-state index in [2.05, 4.69) is 30.1 Å². The number of ether oxygens (including phenoxy) is 1. The van der Waals surface area contributed by atoms with Crippen LogP contribution in [0.4, 0.5) is 0 Å². The summed E-state index contributed by atoms with van der Waals surface area (Å²) in [6, 6.07) is 7.99. The quantitative estimate of drug-likeness (QED) is 0.863. The maximum atomic E-state index is 5.76. The molecular weight excluding hydrogens is 242 g/mol. The molecule has 0 radical (unpaired) electrons. The summed E-state index contributed by atoms with van der Waals surface area (Å²) in [7, 11) is 0. The maximum absolute atomic E-state index is 5.76. The second kappa shape index (κ2) is 6.33. The SMILES string of the molecule is CC(C)c1ccccc1OCc1noc(CCN)n1. The molecule has 0 amide bonds. The topological polar surface area (TPSA) is 74.2 Å². The number of para-hydroxylation sites is 1. The van der Waals surface area contributed by atoms with Gasteiger partial charge in [-0.3, -0.25) is 0 Å². The van der Waals surface area contributed by atoms with Gasteiger partial charge >= 0.3 is 0 Å². The molecule has 19 heavy (non-hydrogen) atoms. The van der Waals surface area contributed by atoms with Crippen molar-refractivity contribution in [1.82, 2.24) is 10.1 Å². The van der Waals surface area contributed by atoms with E-state index in [0.717, 1.165) is 5.75 Å². The molecule has 0 spiro atoms. The van der Waals surface area contributed by atoms with Crippen molar-refractivity contribution in [3.8, 4) is 5.75 Å². The highest BCUT2D eigenvalue weighted by Gasteiger charge is 2.09. The third-order valence-electron chi connectivity index (χ3n) is 2.77. The molecule has 2 aromatic rings. The van der Waals surface area contributed by atoms with Crippen molar-refractivity contribution in [3.05, 3.63) is 41.5 Å². The van der Waals surface area contributed by atoms with Gasteiger partial charge in [0.25, 0.3) is 0 Å². The largest absolute Gasteiger partial charge is 0.485 e. The zero-order valence-electron chi connectivity index (χ0n) is 11.3. The summed E-state index contributed by atoms with van der Waals surface area (Å²) in [6.07, 6.45) is 0.593. The van der Waals surface area contributed by atoms with Crippen molar-refractivity contribution < 1.29 is 9.26 Å². The first-order valence-corrected chi connectivity index (χ1v) is 6.44. The molecule has 5 heteroatoms. The Balaban J connectivity index is 2.01. The van der Waals surface area contributed by atoms with E-state index >= 15 is 0 Å². The van der Waals surface area contributed by atoms with E-state index in [1.165, 1.54) is 5.56 Å². The molecule has 102 valence electrons. The average Bonchev–Trinajstić information content (AvgIpc) is 2.85. The Morgan fingerprint density at radius 3 is 2.84 bits per heavy atom. The van der Waals surface area contributed by atoms with Crippen molar-refractivity contribution in [1.29, 1.82) is 0 Å². The number of hydrogen-bond donors (Lipinski definition) is 1. The van der Waals surface area contributed by atoms with Gasteiger partial charge in [-0.1, -0.05) is 37.2 Å². The van der Waals surface area contributed by atoms with Crippen LogP contribution >= 0.6 is 0 Å². The van der Waals surface area contributed by atoms with E-state index in [9.17, 15) is 0 Å². The third kappa shape index (κ3) is 3.54. The van der Waals surface area contributed by atoms with Crippen molar-refractivity contribution in [2.24, 2.45) is 5.73 Å². The molecule has 5 nitrogen and oxygen atoms in total. The molecule has 0 fully saturated rings. The highest BCUT2D eigenvalue weighted by molar-refractivity contribution is 5.35. The van der Waals surface area contributed by atoms with Crippen molar-refractivity contribution in [2.75, 3.05) is 6.54 Å². The summed E-state index contributed by atoms with van der Waals surface area (Å²) >= 11 is 0. The summed E-state index contributed by atoms with van der Waals surface area (Å²) in [5.74, 6) is 2.37. The van der Waals surface area contributed by atoms with Crippen molar-refractivity contribution >= 4 is 0 Å². The van der Waals surface area contributed by atoms with Gasteiger partial charge in [0.1, 0.15) is 5.75 Å². The van der Waals surface area contributed by atoms with Gasteiger partial charge in [0.15, 0.2) is 6.61 Å². The van der Waals surface area contributed by atoms with Crippen LogP contribution in [0.25, 0.3) is 0 Å². The second-order valence-electron chi connectivity index (χ2n) is 4.62. The molecule has 0 aliphatic carbocycles. The Kier molecular flexibility index (Phi) is 4.52. The van der Waals surface area contributed by atoms with E-state index in [4.69, 9.17) is 15.0 Å². The van der Waals surface area contributed by atoms with Crippen LogP contribution in [-0.2, 0) is 13.0 Å². The fraction of sp³-hybridized carbons (Fsp3) is 0.429. The zero-order valence-corrected chi connectivity index (χ0v) is 11.3. The molecule has 2 N–H and O–H groups in total. The predicted molar refractivity (Wildman–Crippen MR) is 71.9 cm³/mol. The summed E-state index contributed by atoms with van der Waals surface area (Å²) < 4.78 is 10.8. The molecule has 0 saturated carbocycles. The Hall–Kier alpha value is -1.88. The lowest BCUT2D eigenvalue weighted by atomic mass is 10.0. The minimum absolute atomic E-state index is 0.303. The number of nitrogens with zero attached hydrogens (tertiary/aromatic N) is 2. The van der Waals surface area contributed by atoms with Crippen LogP contribution in [0.1, 0.15) is 37.0 Å². The molecule has 0 atom stereocenters. The third-order valence-corrected chi connectivity index (χ3v) is 2.77. The smallest absolute Gasteiger partial charge is 0.228 e. The summed E-state index contributed by atoms with van der Waals surface area (Å²) in [5.41, 5.74) is 6.60. The zero-order chi connectivity index (χ0) is 13.7. The molecular formula is C14H19N3O2. The molecule has 1 aromatic heterocycles. The van der Waals surface area contributed by atoms with Gasteiger partial charge in [-0.2, -0.15) is 4.98 Å². The Morgan fingerprint density at radius 1 is 1.32 bits per heavy atom. The molecule has 0 aliphatic heterocycles. The summed E-state index contributed by atoms with van der Waals surface area (Å²) in [4.78, 5) is 4.21. The summed E-state index contributed by atoms with van der Waals surface area (Å²) in [5, 5.41) is 3.86. The van der Waals surface area contributed by atoms with Crippen LogP contribution in [0.2, 0.25) is 0 Å². The van der Waals surface area contributed by atoms with Gasteiger partial charge in [-0.05, 0) is 17.5 Å². The number of hydrogen-bond acceptors (Lipinski definition) is 5. The fourth-order valence-corrected chi connectivity index (χ4v) is 1.81. The molecule has 0 bridgehead atoms. The van der Waals surface area contributed by atoms with Crippen molar-refractivity contribution in [2.45, 2.75) is 32.8 Å². The lowest BCUT2D eigenvalue weighted by molar-refractivity contribution is 0.281. The van der Waals surface area contributed by atoms with Gasteiger partial charge in [0, 0.05) is 13.0 Å². The van der Waals surface area contributed by atoms with Gasteiger partial charge < -0.3 is 15.0 Å². The number of benzene rings is 1. The van der Waals surface area contributed by atoms with Gasteiger partial charge in [-0.25, -0.2) is 0 Å². The molecule has 1 aromatic carbocycles. The molecule has 0 unspecified atom stereocenters. The molecule has 0 saturated heterocycles. The number of nitrogens with two attached hydrogens (primary N) is 1. The molecule has 2 rings (SSSR count). The van der Waals surface area contributed by atoms with E-state index < -0.39 is 0 Å². The van der Waals surface area contributed by atoms with Crippen LogP contribution in [0, 0.1) is 0 Å². The second-order valence-corrected chi connectivity index (χ2v) is 4.62. The lowest BCUT2D eigenvalue weighted by Gasteiger charge is -2.12. The van der Waals surface area contributed by atoms with Crippen LogP contribution in [0.15, 0.2) is 28.8 Å². The minimum atomic E-state index is 0.303. The Labute approximate surface area is 112 Å². The van der Waals surface area contributed by atoms with Crippen LogP contribution in [0.5, 0.6) is 5.75 Å². The lowest BCUT2D eigenvalue weighted by Crippen LogP contribution is -2.04. The van der Waals surface area contributed by atoms with E-state index in [-0.39, 0.29) is 0 Å². The first kappa shape index (κ1) is 13.5. The van der Waals surface area contributed by atoms with Gasteiger partial charge in [0.05, 0.1) is 0 Å². The van der Waals surface area contributed by atoms with Gasteiger partial charge in [0.2, 0.25) is 11.7 Å². The number of rotatable bonds is 6. The van der Waals surface area contributed by atoms with Crippen LogP contribution < -0.4 is 10.5 Å². The average molecular weight is 261 g/mol. The maximum Gasteiger partial charge on any atom is 0.228 e. The molecule has 1 heterocycles. The first-order valence-electron chi connectivity index (χ1n) is 6.44. The number of aromatic nitrogens is 2. The predicted octanol–water partition coefficient (Wildman–Crippen LogP) is 2.27. The Morgan fingerprint density at radius 2 is 2.11 bits per heavy atom. The van der Waals surface area contributed by atoms with Crippen LogP contribution in [0.3, 0.4) is 0 Å². The van der Waals surface area contributed by atoms with E-state index in [0.29, 0.717) is 37.2 Å². The normalized spacial score (nSPS) is 10.9. The fourth-order valence-electron chi connectivity index (χ4n) is 1.81. The Bertz CT molecular complexity index is 523. The van der Waals surface area contributed by atoms with Crippen molar-refractivity contribution in [3.63, 3.8) is 0 Å². The first-order chi connectivity index (χ1) is 9.20. The highest BCUT2D eigenvalue weighted by atomic mass is 16.5. The van der Waals surface area contributed by atoms with Gasteiger partial charge in [-0.15, -0.1) is 0 Å². The van der Waals surface area contributed by atoms with E-state index in [1.807, 2.05) is 18.2 Å². The standard InChI is InChI=1S/C14H19N3O2/c1-10(2)11-5-3-4-6-12(11)18-9-13-16-14(7-8-15)19-17-13/h3-6,10H,7-9,15H2,1-2H3. The van der Waals surface area contributed by atoms with Crippen LogP contribution in [-0.4, -0.2) is 16.7 Å².